The second-order valence-electron chi connectivity index (χ2n) is 4.37. The third-order valence-corrected chi connectivity index (χ3v) is 4.39. The lowest BCUT2D eigenvalue weighted by atomic mass is 10.2. The van der Waals surface area contributed by atoms with Crippen LogP contribution in [-0.4, -0.2) is 28.2 Å². The SMILES string of the molecule is CCCC(COC)NS(=O)(=O)c1cc(Cl)cc(N)c1F. The van der Waals surface area contributed by atoms with E-state index >= 15 is 0 Å². The van der Waals surface area contributed by atoms with Gasteiger partial charge in [0.2, 0.25) is 10.0 Å². The highest BCUT2D eigenvalue weighted by Crippen LogP contribution is 2.25. The fourth-order valence-corrected chi connectivity index (χ4v) is 3.47. The summed E-state index contributed by atoms with van der Waals surface area (Å²) >= 11 is 5.72. The topological polar surface area (TPSA) is 81.4 Å². The van der Waals surface area contributed by atoms with Gasteiger partial charge in [0.05, 0.1) is 12.3 Å². The molecule has 1 aromatic carbocycles. The Morgan fingerprint density at radius 1 is 1.50 bits per heavy atom. The first-order valence-corrected chi connectivity index (χ1v) is 7.93. The summed E-state index contributed by atoms with van der Waals surface area (Å²) in [7, 11) is -2.58. The molecular weight excluding hydrogens is 307 g/mol. The van der Waals surface area contributed by atoms with E-state index in [2.05, 4.69) is 4.72 Å². The lowest BCUT2D eigenvalue weighted by molar-refractivity contribution is 0.171. The monoisotopic (exact) mass is 324 g/mol. The van der Waals surface area contributed by atoms with Gasteiger partial charge < -0.3 is 10.5 Å². The molecule has 0 aliphatic rings. The summed E-state index contributed by atoms with van der Waals surface area (Å²) in [5.41, 5.74) is 5.08. The second kappa shape index (κ2) is 7.21. The first-order valence-electron chi connectivity index (χ1n) is 6.07. The molecule has 8 heteroatoms. The van der Waals surface area contributed by atoms with Crippen LogP contribution in [0.25, 0.3) is 0 Å². The number of nitrogens with one attached hydrogen (secondary N) is 1. The Kier molecular flexibility index (Phi) is 6.19. The first-order chi connectivity index (χ1) is 9.31. The highest BCUT2D eigenvalue weighted by atomic mass is 35.5. The van der Waals surface area contributed by atoms with Crippen molar-refractivity contribution in [2.24, 2.45) is 0 Å². The third kappa shape index (κ3) is 4.31. The highest BCUT2D eigenvalue weighted by molar-refractivity contribution is 7.89. The molecule has 0 spiro atoms. The Morgan fingerprint density at radius 3 is 2.70 bits per heavy atom. The van der Waals surface area contributed by atoms with Crippen molar-refractivity contribution >= 4 is 27.3 Å². The van der Waals surface area contributed by atoms with E-state index in [0.29, 0.717) is 6.42 Å². The zero-order chi connectivity index (χ0) is 15.3. The van der Waals surface area contributed by atoms with Gasteiger partial charge in [0.15, 0.2) is 5.82 Å². The molecule has 1 rings (SSSR count). The number of sulfonamides is 1. The van der Waals surface area contributed by atoms with Crippen molar-refractivity contribution in [1.82, 2.24) is 4.72 Å². The Labute approximate surface area is 123 Å². The fourth-order valence-electron chi connectivity index (χ4n) is 1.79. The van der Waals surface area contributed by atoms with Crippen molar-refractivity contribution in [3.8, 4) is 0 Å². The average Bonchev–Trinajstić information content (AvgIpc) is 2.33. The summed E-state index contributed by atoms with van der Waals surface area (Å²) in [6, 6.07) is 1.76. The van der Waals surface area contributed by atoms with Crippen LogP contribution >= 0.6 is 11.6 Å². The van der Waals surface area contributed by atoms with Gasteiger partial charge in [-0.3, -0.25) is 0 Å². The van der Waals surface area contributed by atoms with Crippen molar-refractivity contribution in [2.75, 3.05) is 19.5 Å². The van der Waals surface area contributed by atoms with Crippen LogP contribution < -0.4 is 10.5 Å². The maximum Gasteiger partial charge on any atom is 0.243 e. The average molecular weight is 325 g/mol. The number of hydrogen-bond donors (Lipinski definition) is 2. The molecule has 0 saturated heterocycles. The van der Waals surface area contributed by atoms with E-state index in [0.717, 1.165) is 18.6 Å². The number of ether oxygens (including phenoxy) is 1. The molecule has 0 bridgehead atoms. The molecule has 0 fully saturated rings. The molecule has 0 aromatic heterocycles. The molecule has 0 aliphatic heterocycles. The smallest absolute Gasteiger partial charge is 0.243 e. The van der Waals surface area contributed by atoms with Gasteiger partial charge in [0.1, 0.15) is 4.90 Å². The van der Waals surface area contributed by atoms with Crippen LogP contribution in [0.3, 0.4) is 0 Å². The number of nitrogen functional groups attached to an aromatic ring is 1. The lowest BCUT2D eigenvalue weighted by Gasteiger charge is -2.18. The van der Waals surface area contributed by atoms with Crippen LogP contribution in [0.4, 0.5) is 10.1 Å². The zero-order valence-electron chi connectivity index (χ0n) is 11.3. The van der Waals surface area contributed by atoms with Crippen LogP contribution in [0.2, 0.25) is 5.02 Å². The summed E-state index contributed by atoms with van der Waals surface area (Å²) in [5, 5.41) is 0.0584. The number of methoxy groups -OCH3 is 1. The van der Waals surface area contributed by atoms with Crippen LogP contribution in [-0.2, 0) is 14.8 Å². The molecule has 0 heterocycles. The predicted octanol–water partition coefficient (Wildman–Crippen LogP) is 2.15. The van der Waals surface area contributed by atoms with E-state index in [1.807, 2.05) is 6.92 Å². The quantitative estimate of drug-likeness (QED) is 0.753. The van der Waals surface area contributed by atoms with Gasteiger partial charge in [-0.25, -0.2) is 17.5 Å². The van der Waals surface area contributed by atoms with E-state index in [1.54, 1.807) is 0 Å². The molecule has 114 valence electrons. The van der Waals surface area contributed by atoms with Gasteiger partial charge in [-0.2, -0.15) is 0 Å². The van der Waals surface area contributed by atoms with Crippen molar-refractivity contribution in [3.63, 3.8) is 0 Å². The summed E-state index contributed by atoms with van der Waals surface area (Å²) in [6.45, 7) is 2.11. The zero-order valence-corrected chi connectivity index (χ0v) is 12.9. The summed E-state index contributed by atoms with van der Waals surface area (Å²) in [4.78, 5) is -0.556. The maximum absolute atomic E-state index is 13.9. The highest BCUT2D eigenvalue weighted by Gasteiger charge is 2.24. The number of anilines is 1. The Hall–Kier alpha value is -0.890. The molecule has 3 N–H and O–H groups in total. The first kappa shape index (κ1) is 17.2. The lowest BCUT2D eigenvalue weighted by Crippen LogP contribution is -2.38. The molecule has 1 unspecified atom stereocenters. The summed E-state index contributed by atoms with van der Waals surface area (Å²) < 4.78 is 45.6. The molecular formula is C12H18ClFN2O3S. The third-order valence-electron chi connectivity index (χ3n) is 2.65. The molecule has 0 radical (unpaired) electrons. The summed E-state index contributed by atoms with van der Waals surface area (Å²) in [5.74, 6) is -1.01. The second-order valence-corrected chi connectivity index (χ2v) is 6.49. The van der Waals surface area contributed by atoms with E-state index < -0.39 is 26.8 Å². The van der Waals surface area contributed by atoms with Crippen LogP contribution in [0.15, 0.2) is 17.0 Å². The van der Waals surface area contributed by atoms with Crippen LogP contribution in [0.1, 0.15) is 19.8 Å². The number of nitrogens with two attached hydrogens (primary N) is 1. The molecule has 5 nitrogen and oxygen atoms in total. The van der Waals surface area contributed by atoms with Crippen molar-refractivity contribution in [1.29, 1.82) is 0 Å². The van der Waals surface area contributed by atoms with Crippen LogP contribution in [0, 0.1) is 5.82 Å². The number of rotatable bonds is 7. The minimum Gasteiger partial charge on any atom is -0.396 e. The van der Waals surface area contributed by atoms with Gasteiger partial charge >= 0.3 is 0 Å². The van der Waals surface area contributed by atoms with E-state index in [4.69, 9.17) is 22.1 Å². The molecule has 0 aliphatic carbocycles. The van der Waals surface area contributed by atoms with Gasteiger partial charge in [-0.05, 0) is 18.6 Å². The van der Waals surface area contributed by atoms with E-state index in [1.165, 1.54) is 7.11 Å². The largest absolute Gasteiger partial charge is 0.396 e. The Bertz CT molecular complexity index is 560. The molecule has 0 amide bonds. The maximum atomic E-state index is 13.9. The standard InChI is InChI=1S/C12H18ClFN2O3S/c1-3-4-9(7-19-2)16-20(17,18)11-6-8(13)5-10(15)12(11)14/h5-6,9,16H,3-4,7,15H2,1-2H3. The van der Waals surface area contributed by atoms with E-state index in [-0.39, 0.29) is 17.3 Å². The number of benzene rings is 1. The number of hydrogen-bond acceptors (Lipinski definition) is 4. The normalized spacial score (nSPS) is 13.4. The minimum atomic E-state index is -4.05. The van der Waals surface area contributed by atoms with Crippen molar-refractivity contribution in [2.45, 2.75) is 30.7 Å². The molecule has 1 atom stereocenters. The molecule has 20 heavy (non-hydrogen) atoms. The predicted molar refractivity (Wildman–Crippen MR) is 76.7 cm³/mol. The van der Waals surface area contributed by atoms with Gasteiger partial charge in [0, 0.05) is 18.2 Å². The van der Waals surface area contributed by atoms with E-state index in [9.17, 15) is 12.8 Å². The molecule has 1 aromatic rings. The minimum absolute atomic E-state index is 0.0584. The van der Waals surface area contributed by atoms with Gasteiger partial charge in [-0.1, -0.05) is 24.9 Å². The van der Waals surface area contributed by atoms with Gasteiger partial charge in [-0.15, -0.1) is 0 Å². The summed E-state index contributed by atoms with van der Waals surface area (Å²) in [6.07, 6.45) is 1.33. The Morgan fingerprint density at radius 2 is 2.15 bits per heavy atom. The Balaban J connectivity index is 3.10. The van der Waals surface area contributed by atoms with Crippen molar-refractivity contribution in [3.05, 3.63) is 23.0 Å². The van der Waals surface area contributed by atoms with Gasteiger partial charge in [0.25, 0.3) is 0 Å². The van der Waals surface area contributed by atoms with Crippen molar-refractivity contribution < 1.29 is 17.5 Å². The molecule has 0 saturated carbocycles. The van der Waals surface area contributed by atoms with Crippen LogP contribution in [0.5, 0.6) is 0 Å². The fraction of sp³-hybridized carbons (Fsp3) is 0.500. The number of halogens is 2.